The van der Waals surface area contributed by atoms with Gasteiger partial charge < -0.3 is 10.8 Å². The van der Waals surface area contributed by atoms with E-state index >= 15 is 0 Å². The molecule has 0 bridgehead atoms. The molecule has 0 spiro atoms. The SMILES string of the molecule is CCCCCCN(CCO)S(=O)(=O)c1ccccc1N. The van der Waals surface area contributed by atoms with Gasteiger partial charge in [-0.2, -0.15) is 4.31 Å². The number of anilines is 1. The summed E-state index contributed by atoms with van der Waals surface area (Å²) in [5, 5.41) is 9.08. The number of nitrogens with zero attached hydrogens (tertiary/aromatic N) is 1. The molecule has 3 N–H and O–H groups in total. The van der Waals surface area contributed by atoms with Crippen LogP contribution in [0.2, 0.25) is 0 Å². The van der Waals surface area contributed by atoms with Crippen molar-refractivity contribution in [3.8, 4) is 0 Å². The second-order valence-corrected chi connectivity index (χ2v) is 6.63. The van der Waals surface area contributed by atoms with Gasteiger partial charge in [0.05, 0.1) is 12.3 Å². The van der Waals surface area contributed by atoms with Crippen LogP contribution in [0.3, 0.4) is 0 Å². The molecule has 20 heavy (non-hydrogen) atoms. The maximum atomic E-state index is 12.5. The average molecular weight is 300 g/mol. The highest BCUT2D eigenvalue weighted by Crippen LogP contribution is 2.22. The second kappa shape index (κ2) is 8.24. The van der Waals surface area contributed by atoms with Crippen molar-refractivity contribution in [2.24, 2.45) is 0 Å². The molecule has 0 aromatic heterocycles. The van der Waals surface area contributed by atoms with Crippen molar-refractivity contribution in [1.82, 2.24) is 4.31 Å². The number of hydrogen-bond donors (Lipinski definition) is 2. The lowest BCUT2D eigenvalue weighted by atomic mass is 10.2. The molecular formula is C14H24N2O3S. The topological polar surface area (TPSA) is 83.6 Å². The van der Waals surface area contributed by atoms with Crippen molar-refractivity contribution in [3.05, 3.63) is 24.3 Å². The molecule has 1 rings (SSSR count). The molecule has 0 atom stereocenters. The minimum absolute atomic E-state index is 0.1000. The van der Waals surface area contributed by atoms with Gasteiger partial charge in [-0.05, 0) is 18.6 Å². The van der Waals surface area contributed by atoms with Gasteiger partial charge in [-0.3, -0.25) is 0 Å². The maximum Gasteiger partial charge on any atom is 0.245 e. The predicted octanol–water partition coefficient (Wildman–Crippen LogP) is 1.83. The molecule has 0 aliphatic carbocycles. The van der Waals surface area contributed by atoms with Crippen LogP contribution in [0, 0.1) is 0 Å². The Morgan fingerprint density at radius 1 is 1.15 bits per heavy atom. The lowest BCUT2D eigenvalue weighted by Gasteiger charge is -2.22. The zero-order valence-electron chi connectivity index (χ0n) is 12.0. The van der Waals surface area contributed by atoms with Crippen LogP contribution in [-0.2, 0) is 10.0 Å². The molecule has 0 aliphatic heterocycles. The van der Waals surface area contributed by atoms with Gasteiger partial charge in [0, 0.05) is 13.1 Å². The minimum Gasteiger partial charge on any atom is -0.398 e. The third-order valence-electron chi connectivity index (χ3n) is 3.15. The molecule has 0 saturated carbocycles. The molecule has 5 nitrogen and oxygen atoms in total. The van der Waals surface area contributed by atoms with Crippen molar-refractivity contribution >= 4 is 15.7 Å². The summed E-state index contributed by atoms with van der Waals surface area (Å²) in [5.41, 5.74) is 5.99. The molecular weight excluding hydrogens is 276 g/mol. The molecule has 1 aromatic rings. The molecule has 6 heteroatoms. The van der Waals surface area contributed by atoms with Gasteiger partial charge in [0.2, 0.25) is 10.0 Å². The molecule has 0 fully saturated rings. The van der Waals surface area contributed by atoms with Crippen molar-refractivity contribution in [3.63, 3.8) is 0 Å². The van der Waals surface area contributed by atoms with Crippen LogP contribution in [0.15, 0.2) is 29.2 Å². The molecule has 0 saturated heterocycles. The van der Waals surface area contributed by atoms with Crippen LogP contribution in [-0.4, -0.2) is 37.5 Å². The fourth-order valence-corrected chi connectivity index (χ4v) is 3.62. The van der Waals surface area contributed by atoms with E-state index in [1.807, 2.05) is 0 Å². The van der Waals surface area contributed by atoms with Crippen LogP contribution in [0.5, 0.6) is 0 Å². The number of unbranched alkanes of at least 4 members (excludes halogenated alkanes) is 3. The van der Waals surface area contributed by atoms with E-state index in [9.17, 15) is 8.42 Å². The standard InChI is InChI=1S/C14H24N2O3S/c1-2-3-4-7-10-16(11-12-17)20(18,19)14-9-6-5-8-13(14)15/h5-6,8-9,17H,2-4,7,10-12,15H2,1H3. The Kier molecular flexibility index (Phi) is 6.98. The largest absolute Gasteiger partial charge is 0.398 e. The van der Waals surface area contributed by atoms with E-state index < -0.39 is 10.0 Å². The lowest BCUT2D eigenvalue weighted by Crippen LogP contribution is -2.34. The van der Waals surface area contributed by atoms with Gasteiger partial charge in [-0.25, -0.2) is 8.42 Å². The summed E-state index contributed by atoms with van der Waals surface area (Å²) in [5.74, 6) is 0. The highest BCUT2D eigenvalue weighted by atomic mass is 32.2. The van der Waals surface area contributed by atoms with E-state index in [4.69, 9.17) is 10.8 Å². The van der Waals surface area contributed by atoms with Crippen LogP contribution in [0.25, 0.3) is 0 Å². The van der Waals surface area contributed by atoms with E-state index in [1.165, 1.54) is 10.4 Å². The zero-order chi connectivity index (χ0) is 15.0. The Morgan fingerprint density at radius 3 is 2.45 bits per heavy atom. The Hall–Kier alpha value is -1.11. The second-order valence-electron chi connectivity index (χ2n) is 4.73. The summed E-state index contributed by atoms with van der Waals surface area (Å²) in [6.07, 6.45) is 3.96. The molecule has 0 unspecified atom stereocenters. The van der Waals surface area contributed by atoms with Crippen molar-refractivity contribution in [2.45, 2.75) is 37.5 Å². The quantitative estimate of drug-likeness (QED) is 0.538. The smallest absolute Gasteiger partial charge is 0.245 e. The van der Waals surface area contributed by atoms with Crippen LogP contribution >= 0.6 is 0 Å². The number of para-hydroxylation sites is 1. The number of benzene rings is 1. The molecule has 0 aliphatic rings. The Morgan fingerprint density at radius 2 is 1.85 bits per heavy atom. The number of nitrogen functional groups attached to an aromatic ring is 1. The first-order valence-corrected chi connectivity index (χ1v) is 8.43. The van der Waals surface area contributed by atoms with Crippen LogP contribution in [0.4, 0.5) is 5.69 Å². The van der Waals surface area contributed by atoms with E-state index in [0.717, 1.165) is 25.7 Å². The van der Waals surface area contributed by atoms with Gasteiger partial charge in [-0.15, -0.1) is 0 Å². The number of hydrogen-bond acceptors (Lipinski definition) is 4. The minimum atomic E-state index is -3.63. The molecule has 1 aromatic carbocycles. The Bertz CT molecular complexity index is 503. The zero-order valence-corrected chi connectivity index (χ0v) is 12.8. The van der Waals surface area contributed by atoms with Gasteiger partial charge in [0.15, 0.2) is 0 Å². The van der Waals surface area contributed by atoms with Crippen molar-refractivity contribution in [2.75, 3.05) is 25.4 Å². The number of sulfonamides is 1. The maximum absolute atomic E-state index is 12.5. The highest BCUT2D eigenvalue weighted by molar-refractivity contribution is 7.89. The number of aliphatic hydroxyl groups is 1. The van der Waals surface area contributed by atoms with E-state index in [0.29, 0.717) is 6.54 Å². The first-order valence-electron chi connectivity index (χ1n) is 6.99. The normalized spacial score (nSPS) is 11.9. The number of aliphatic hydroxyl groups excluding tert-OH is 1. The molecule has 0 heterocycles. The Labute approximate surface area is 121 Å². The molecule has 114 valence electrons. The predicted molar refractivity (Wildman–Crippen MR) is 80.8 cm³/mol. The van der Waals surface area contributed by atoms with Crippen LogP contribution in [0.1, 0.15) is 32.6 Å². The van der Waals surface area contributed by atoms with E-state index in [-0.39, 0.29) is 23.7 Å². The monoisotopic (exact) mass is 300 g/mol. The fraction of sp³-hybridized carbons (Fsp3) is 0.571. The highest BCUT2D eigenvalue weighted by Gasteiger charge is 2.25. The Balaban J connectivity index is 2.86. The van der Waals surface area contributed by atoms with E-state index in [1.54, 1.807) is 18.2 Å². The third-order valence-corrected chi connectivity index (χ3v) is 5.12. The van der Waals surface area contributed by atoms with Crippen LogP contribution < -0.4 is 5.73 Å². The van der Waals surface area contributed by atoms with Crippen molar-refractivity contribution < 1.29 is 13.5 Å². The average Bonchev–Trinajstić information content (AvgIpc) is 2.42. The van der Waals surface area contributed by atoms with Gasteiger partial charge in [-0.1, -0.05) is 38.3 Å². The number of nitrogens with two attached hydrogens (primary N) is 1. The fourth-order valence-electron chi connectivity index (χ4n) is 2.03. The summed E-state index contributed by atoms with van der Waals surface area (Å²) < 4.78 is 26.4. The van der Waals surface area contributed by atoms with Gasteiger partial charge in [0.25, 0.3) is 0 Å². The molecule has 0 amide bonds. The van der Waals surface area contributed by atoms with Gasteiger partial charge >= 0.3 is 0 Å². The van der Waals surface area contributed by atoms with Gasteiger partial charge in [0.1, 0.15) is 4.90 Å². The summed E-state index contributed by atoms with van der Waals surface area (Å²) in [7, 11) is -3.63. The number of rotatable bonds is 9. The van der Waals surface area contributed by atoms with Crippen molar-refractivity contribution in [1.29, 1.82) is 0 Å². The summed E-state index contributed by atoms with van der Waals surface area (Å²) in [4.78, 5) is 0.115. The first-order chi connectivity index (χ1) is 9.54. The lowest BCUT2D eigenvalue weighted by molar-refractivity contribution is 0.251. The molecule has 0 radical (unpaired) electrons. The summed E-state index contributed by atoms with van der Waals surface area (Å²) in [6.45, 7) is 2.42. The summed E-state index contributed by atoms with van der Waals surface area (Å²) >= 11 is 0. The van der Waals surface area contributed by atoms with E-state index in [2.05, 4.69) is 6.92 Å². The summed E-state index contributed by atoms with van der Waals surface area (Å²) in [6, 6.07) is 6.42. The first kappa shape index (κ1) is 16.9. The third kappa shape index (κ3) is 4.47.